The van der Waals surface area contributed by atoms with Gasteiger partial charge in [-0.1, -0.05) is 6.07 Å². The summed E-state index contributed by atoms with van der Waals surface area (Å²) in [6, 6.07) is 3.70. The Labute approximate surface area is 122 Å². The molecule has 0 aliphatic carbocycles. The number of Topliss-reactive ketones (excluding diaryl/α,β-unsaturated/α-hetero) is 1. The molecule has 0 atom stereocenters. The molecule has 20 heavy (non-hydrogen) atoms. The van der Waals surface area contributed by atoms with E-state index in [-0.39, 0.29) is 12.3 Å². The zero-order valence-corrected chi connectivity index (χ0v) is 12.4. The summed E-state index contributed by atoms with van der Waals surface area (Å²) in [5.41, 5.74) is 6.67. The molecule has 0 spiro atoms. The van der Waals surface area contributed by atoms with Gasteiger partial charge in [-0.05, 0) is 23.4 Å². The molecule has 2 aromatic rings. The lowest BCUT2D eigenvalue weighted by Crippen LogP contribution is -2.42. The molecule has 2 aromatic heterocycles. The van der Waals surface area contributed by atoms with E-state index in [0.29, 0.717) is 24.9 Å². The van der Waals surface area contributed by atoms with Crippen molar-refractivity contribution in [3.8, 4) is 0 Å². The number of ketones is 1. The minimum atomic E-state index is 0.0713. The zero-order chi connectivity index (χ0) is 14.5. The molecule has 0 fully saturated rings. The number of carbonyl (C=O) groups is 1. The maximum Gasteiger partial charge on any atom is 0.298 e. The molecule has 6 heteroatoms. The van der Waals surface area contributed by atoms with Gasteiger partial charge < -0.3 is 10.5 Å². The smallest absolute Gasteiger partial charge is 0.298 e. The summed E-state index contributed by atoms with van der Waals surface area (Å²) in [5.74, 6) is 1.24. The summed E-state index contributed by atoms with van der Waals surface area (Å²) in [5, 5.41) is 1.90. The average Bonchev–Trinajstić information content (AvgIpc) is 2.94. The second-order valence-corrected chi connectivity index (χ2v) is 5.31. The van der Waals surface area contributed by atoms with Gasteiger partial charge in [-0.3, -0.25) is 4.79 Å². The van der Waals surface area contributed by atoms with E-state index in [0.717, 1.165) is 10.4 Å². The lowest BCUT2D eigenvalue weighted by molar-refractivity contribution is -0.692. The van der Waals surface area contributed by atoms with E-state index in [1.54, 1.807) is 0 Å². The van der Waals surface area contributed by atoms with Gasteiger partial charge >= 0.3 is 0 Å². The van der Waals surface area contributed by atoms with Gasteiger partial charge in [0.1, 0.15) is 6.20 Å². The number of hydrogen-bond donors (Lipinski definition) is 1. The Morgan fingerprint density at radius 3 is 3.00 bits per heavy atom. The Morgan fingerprint density at radius 1 is 1.55 bits per heavy atom. The van der Waals surface area contributed by atoms with Crippen molar-refractivity contribution in [2.45, 2.75) is 27.0 Å². The maximum atomic E-state index is 12.1. The van der Waals surface area contributed by atoms with Gasteiger partial charge in [0.05, 0.1) is 17.0 Å². The monoisotopic (exact) mass is 292 g/mol. The first-order chi connectivity index (χ1) is 9.61. The van der Waals surface area contributed by atoms with Crippen LogP contribution in [-0.2, 0) is 17.9 Å². The first-order valence-electron chi connectivity index (χ1n) is 6.41. The highest BCUT2D eigenvalue weighted by Gasteiger charge is 2.18. The number of anilines is 1. The SMILES string of the molecule is CCOCc1c[n+](CC(=O)c2cccs2)c(C)nc1N. The van der Waals surface area contributed by atoms with Crippen LogP contribution in [0, 0.1) is 6.92 Å². The van der Waals surface area contributed by atoms with Crippen molar-refractivity contribution in [1.82, 2.24) is 4.98 Å². The summed E-state index contributed by atoms with van der Waals surface area (Å²) in [6.07, 6.45) is 1.85. The second kappa shape index (κ2) is 6.58. The molecule has 0 aliphatic heterocycles. The number of thiophene rings is 1. The Kier molecular flexibility index (Phi) is 4.81. The Balaban J connectivity index is 2.20. The van der Waals surface area contributed by atoms with E-state index in [1.807, 2.05) is 42.1 Å². The van der Waals surface area contributed by atoms with Crippen molar-refractivity contribution in [3.63, 3.8) is 0 Å². The predicted octanol–water partition coefficient (Wildman–Crippen LogP) is 1.74. The van der Waals surface area contributed by atoms with Gasteiger partial charge in [0.25, 0.3) is 5.82 Å². The standard InChI is InChI=1S/C14H17N3O2S/c1-3-19-9-11-7-17(10(2)16-14(11)15)8-12(18)13-5-4-6-20-13/h4-7,15H,3,8-9H2,1-2H3/p+1. The number of aromatic nitrogens is 2. The van der Waals surface area contributed by atoms with E-state index < -0.39 is 0 Å². The summed E-state index contributed by atoms with van der Waals surface area (Å²) < 4.78 is 7.17. The molecular weight excluding hydrogens is 274 g/mol. The van der Waals surface area contributed by atoms with Crippen LogP contribution in [-0.4, -0.2) is 17.4 Å². The first-order valence-corrected chi connectivity index (χ1v) is 7.29. The fourth-order valence-electron chi connectivity index (χ4n) is 1.81. The van der Waals surface area contributed by atoms with Crippen LogP contribution < -0.4 is 10.3 Å². The molecule has 0 saturated heterocycles. The molecule has 2 N–H and O–H groups in total. The molecule has 106 valence electrons. The van der Waals surface area contributed by atoms with Crippen LogP contribution in [0.25, 0.3) is 0 Å². The fraction of sp³-hybridized carbons (Fsp3) is 0.357. The van der Waals surface area contributed by atoms with Crippen molar-refractivity contribution >= 4 is 22.9 Å². The highest BCUT2D eigenvalue weighted by Crippen LogP contribution is 2.11. The molecule has 0 radical (unpaired) electrons. The number of rotatable bonds is 6. The van der Waals surface area contributed by atoms with Gasteiger partial charge in [-0.25, -0.2) is 4.57 Å². The van der Waals surface area contributed by atoms with Crippen LogP contribution in [0.4, 0.5) is 5.82 Å². The molecule has 2 heterocycles. The molecule has 0 saturated carbocycles. The third-order valence-electron chi connectivity index (χ3n) is 2.91. The zero-order valence-electron chi connectivity index (χ0n) is 11.6. The number of hydrogen-bond acceptors (Lipinski definition) is 5. The molecule has 2 rings (SSSR count). The van der Waals surface area contributed by atoms with Crippen LogP contribution >= 0.6 is 11.3 Å². The molecular formula is C14H18N3O2S+. The predicted molar refractivity (Wildman–Crippen MR) is 77.6 cm³/mol. The highest BCUT2D eigenvalue weighted by atomic mass is 32.1. The minimum Gasteiger partial charge on any atom is -0.377 e. The first kappa shape index (κ1) is 14.6. The summed E-state index contributed by atoms with van der Waals surface area (Å²) in [4.78, 5) is 17.2. The quantitative estimate of drug-likeness (QED) is 0.650. The van der Waals surface area contributed by atoms with E-state index in [9.17, 15) is 4.79 Å². The van der Waals surface area contributed by atoms with Crippen molar-refractivity contribution in [1.29, 1.82) is 0 Å². The molecule has 0 unspecified atom stereocenters. The number of aryl methyl sites for hydroxylation is 1. The highest BCUT2D eigenvalue weighted by molar-refractivity contribution is 7.12. The minimum absolute atomic E-state index is 0.0713. The molecule has 0 amide bonds. The summed E-state index contributed by atoms with van der Waals surface area (Å²) in [6.45, 7) is 5.04. The van der Waals surface area contributed by atoms with E-state index in [2.05, 4.69) is 4.98 Å². The molecule has 0 aromatic carbocycles. The largest absolute Gasteiger partial charge is 0.377 e. The Bertz CT molecular complexity index is 597. The Morgan fingerprint density at radius 2 is 2.35 bits per heavy atom. The van der Waals surface area contributed by atoms with Crippen molar-refractivity contribution in [3.05, 3.63) is 40.0 Å². The van der Waals surface area contributed by atoms with Crippen LogP contribution in [0.3, 0.4) is 0 Å². The lowest BCUT2D eigenvalue weighted by atomic mass is 10.3. The fourth-order valence-corrected chi connectivity index (χ4v) is 2.47. The van der Waals surface area contributed by atoms with Gasteiger partial charge in [-0.15, -0.1) is 11.3 Å². The summed E-state index contributed by atoms with van der Waals surface area (Å²) >= 11 is 1.44. The van der Waals surface area contributed by atoms with E-state index in [1.165, 1.54) is 11.3 Å². The number of nitrogen functional groups attached to an aromatic ring is 1. The average molecular weight is 292 g/mol. The van der Waals surface area contributed by atoms with Gasteiger partial charge in [0.2, 0.25) is 11.6 Å². The van der Waals surface area contributed by atoms with E-state index in [4.69, 9.17) is 10.5 Å². The third-order valence-corrected chi connectivity index (χ3v) is 3.82. The van der Waals surface area contributed by atoms with Crippen LogP contribution in [0.15, 0.2) is 23.7 Å². The normalized spacial score (nSPS) is 10.7. The molecule has 0 aliphatic rings. The number of ether oxygens (including phenoxy) is 1. The van der Waals surface area contributed by atoms with Crippen LogP contribution in [0.5, 0.6) is 0 Å². The van der Waals surface area contributed by atoms with Gasteiger partial charge in [0, 0.05) is 13.5 Å². The Hall–Kier alpha value is -1.79. The van der Waals surface area contributed by atoms with Crippen LogP contribution in [0.1, 0.15) is 28.0 Å². The molecule has 5 nitrogen and oxygen atoms in total. The molecule has 0 bridgehead atoms. The topological polar surface area (TPSA) is 69.1 Å². The van der Waals surface area contributed by atoms with Gasteiger partial charge in [0.15, 0.2) is 6.54 Å². The number of nitrogens with two attached hydrogens (primary N) is 1. The third kappa shape index (κ3) is 3.40. The van der Waals surface area contributed by atoms with Crippen molar-refractivity contribution < 1.29 is 14.1 Å². The lowest BCUT2D eigenvalue weighted by Gasteiger charge is -2.05. The number of carbonyl (C=O) groups excluding carboxylic acids is 1. The van der Waals surface area contributed by atoms with Crippen LogP contribution in [0.2, 0.25) is 0 Å². The van der Waals surface area contributed by atoms with Crippen molar-refractivity contribution in [2.24, 2.45) is 0 Å². The van der Waals surface area contributed by atoms with E-state index >= 15 is 0 Å². The van der Waals surface area contributed by atoms with Gasteiger partial charge in [-0.2, -0.15) is 0 Å². The second-order valence-electron chi connectivity index (χ2n) is 4.36. The van der Waals surface area contributed by atoms with Crippen molar-refractivity contribution in [2.75, 3.05) is 12.3 Å². The number of nitrogens with zero attached hydrogens (tertiary/aromatic N) is 2. The maximum absolute atomic E-state index is 12.1. The summed E-state index contributed by atoms with van der Waals surface area (Å²) in [7, 11) is 0.